The topological polar surface area (TPSA) is 98.5 Å². The van der Waals surface area contributed by atoms with Crippen LogP contribution in [-0.4, -0.2) is 37.4 Å². The number of unbranched alkanes of at least 4 members (excludes halogenated alkanes) is 1. The number of ether oxygens (including phenoxy) is 1. The average Bonchev–Trinajstić information content (AvgIpc) is 2.65. The molecule has 158 valence electrons. The van der Waals surface area contributed by atoms with Gasteiger partial charge in [0.15, 0.2) is 0 Å². The summed E-state index contributed by atoms with van der Waals surface area (Å²) in [4.78, 5) is 10.5. The summed E-state index contributed by atoms with van der Waals surface area (Å²) in [5, 5.41) is 10.6. The Kier molecular flexibility index (Phi) is 8.85. The van der Waals surface area contributed by atoms with Gasteiger partial charge in [0.2, 0.25) is 10.0 Å². The summed E-state index contributed by atoms with van der Waals surface area (Å²) in [5.41, 5.74) is -0.136. The Morgan fingerprint density at radius 2 is 1.93 bits per heavy atom. The van der Waals surface area contributed by atoms with Crippen molar-refractivity contribution in [3.05, 3.63) is 34.4 Å². The van der Waals surface area contributed by atoms with E-state index in [1.54, 1.807) is 0 Å². The zero-order valence-corrected chi connectivity index (χ0v) is 18.7. The summed E-state index contributed by atoms with van der Waals surface area (Å²) in [6, 6.07) is 4.86. The smallest absolute Gasteiger partial charge is 0.269 e. The molecule has 1 fully saturated rings. The number of rotatable bonds is 10. The van der Waals surface area contributed by atoms with Crippen molar-refractivity contribution in [1.29, 1.82) is 0 Å². The van der Waals surface area contributed by atoms with E-state index in [-0.39, 0.29) is 16.7 Å². The Hall–Kier alpha value is -1.03. The van der Waals surface area contributed by atoms with Crippen LogP contribution in [0.5, 0.6) is 0 Å². The predicted octanol–water partition coefficient (Wildman–Crippen LogP) is 4.26. The molecule has 0 saturated heterocycles. The molecular weight excluding hydrogens is 448 g/mol. The Labute approximate surface area is 175 Å². The summed E-state index contributed by atoms with van der Waals surface area (Å²) < 4.78 is 33.0. The standard InChI is InChI=1S/C19H29BrN2O5S/c1-14(2)17-6-5-7-18(19(17)20)27-13-4-3-12-21-28(25,26)16-10-8-15(9-11-16)22(23)24/h8-11,14,17-19,21H,3-7,12-13H2,1-2H3/t17-,18+,19+/m1/s1. The van der Waals surface area contributed by atoms with Gasteiger partial charge in [-0.25, -0.2) is 13.1 Å². The molecule has 3 atom stereocenters. The summed E-state index contributed by atoms with van der Waals surface area (Å²) in [6.07, 6.45) is 5.14. The van der Waals surface area contributed by atoms with Crippen LogP contribution in [0.3, 0.4) is 0 Å². The van der Waals surface area contributed by atoms with Crippen LogP contribution in [0.25, 0.3) is 0 Å². The Morgan fingerprint density at radius 1 is 1.25 bits per heavy atom. The lowest BCUT2D eigenvalue weighted by atomic mass is 9.80. The minimum absolute atomic E-state index is 0.0263. The minimum atomic E-state index is -3.66. The van der Waals surface area contributed by atoms with E-state index in [1.165, 1.54) is 37.1 Å². The molecule has 1 aliphatic rings. The average molecular weight is 477 g/mol. The van der Waals surface area contributed by atoms with Crippen molar-refractivity contribution in [2.75, 3.05) is 13.2 Å². The molecule has 1 aliphatic carbocycles. The maximum atomic E-state index is 12.2. The lowest BCUT2D eigenvalue weighted by Gasteiger charge is -2.36. The number of benzene rings is 1. The Balaban J connectivity index is 1.70. The zero-order chi connectivity index (χ0) is 20.7. The SMILES string of the molecule is CC(C)[C@H]1CCC[C@H](OCCCCNS(=O)(=O)c2ccc([N+](=O)[O-])cc2)[C@H]1Br. The molecule has 0 unspecified atom stereocenters. The van der Waals surface area contributed by atoms with Gasteiger partial charge in [-0.15, -0.1) is 0 Å². The van der Waals surface area contributed by atoms with Crippen molar-refractivity contribution in [1.82, 2.24) is 4.72 Å². The predicted molar refractivity (Wildman–Crippen MR) is 112 cm³/mol. The highest BCUT2D eigenvalue weighted by molar-refractivity contribution is 9.09. The Morgan fingerprint density at radius 3 is 2.54 bits per heavy atom. The van der Waals surface area contributed by atoms with Crippen LogP contribution in [0.2, 0.25) is 0 Å². The van der Waals surface area contributed by atoms with Crippen LogP contribution in [0.15, 0.2) is 29.2 Å². The fourth-order valence-electron chi connectivity index (χ4n) is 3.52. The maximum Gasteiger partial charge on any atom is 0.269 e. The number of nitrogens with one attached hydrogen (secondary N) is 1. The first-order chi connectivity index (χ1) is 13.2. The van der Waals surface area contributed by atoms with E-state index in [0.717, 1.165) is 12.8 Å². The van der Waals surface area contributed by atoms with Crippen LogP contribution >= 0.6 is 15.9 Å². The van der Waals surface area contributed by atoms with Gasteiger partial charge in [0.1, 0.15) is 0 Å². The molecule has 0 radical (unpaired) electrons. The number of alkyl halides is 1. The van der Waals surface area contributed by atoms with Crippen LogP contribution in [0, 0.1) is 22.0 Å². The highest BCUT2D eigenvalue weighted by atomic mass is 79.9. The zero-order valence-electron chi connectivity index (χ0n) is 16.3. The number of hydrogen-bond donors (Lipinski definition) is 1. The Bertz CT molecular complexity index is 739. The van der Waals surface area contributed by atoms with Crippen molar-refractivity contribution in [3.8, 4) is 0 Å². The molecule has 0 aromatic heterocycles. The fourth-order valence-corrected chi connectivity index (χ4v) is 5.89. The molecule has 1 aromatic carbocycles. The first-order valence-corrected chi connectivity index (χ1v) is 12.1. The summed E-state index contributed by atoms with van der Waals surface area (Å²) >= 11 is 3.81. The van der Waals surface area contributed by atoms with Crippen LogP contribution in [-0.2, 0) is 14.8 Å². The number of non-ortho nitro benzene ring substituents is 1. The van der Waals surface area contributed by atoms with E-state index < -0.39 is 14.9 Å². The molecule has 9 heteroatoms. The van der Waals surface area contributed by atoms with Crippen LogP contribution < -0.4 is 4.72 Å². The van der Waals surface area contributed by atoms with Gasteiger partial charge in [-0.1, -0.05) is 36.2 Å². The largest absolute Gasteiger partial charge is 0.377 e. The van der Waals surface area contributed by atoms with Crippen LogP contribution in [0.4, 0.5) is 5.69 Å². The number of nitro benzene ring substituents is 1. The normalized spacial score (nSPS) is 23.1. The molecule has 1 saturated carbocycles. The lowest BCUT2D eigenvalue weighted by molar-refractivity contribution is -0.384. The molecular formula is C19H29BrN2O5S. The highest BCUT2D eigenvalue weighted by Gasteiger charge is 2.33. The molecule has 0 heterocycles. The van der Waals surface area contributed by atoms with E-state index in [0.29, 0.717) is 36.2 Å². The van der Waals surface area contributed by atoms with Gasteiger partial charge in [0.25, 0.3) is 5.69 Å². The number of nitrogens with zero attached hydrogens (tertiary/aromatic N) is 1. The molecule has 1 aromatic rings. The first kappa shape index (κ1) is 23.3. The molecule has 0 bridgehead atoms. The van der Waals surface area contributed by atoms with Gasteiger partial charge in [0, 0.05) is 30.1 Å². The third kappa shape index (κ3) is 6.50. The number of sulfonamides is 1. The molecule has 0 amide bonds. The fraction of sp³-hybridized carbons (Fsp3) is 0.684. The van der Waals surface area contributed by atoms with Crippen molar-refractivity contribution in [2.45, 2.75) is 61.8 Å². The second kappa shape index (κ2) is 10.7. The van der Waals surface area contributed by atoms with E-state index in [2.05, 4.69) is 34.5 Å². The molecule has 0 spiro atoms. The number of nitro groups is 1. The van der Waals surface area contributed by atoms with Gasteiger partial charge in [-0.2, -0.15) is 0 Å². The molecule has 7 nitrogen and oxygen atoms in total. The molecule has 0 aliphatic heterocycles. The minimum Gasteiger partial charge on any atom is -0.377 e. The maximum absolute atomic E-state index is 12.2. The third-order valence-corrected chi connectivity index (χ3v) is 7.95. The molecule has 28 heavy (non-hydrogen) atoms. The first-order valence-electron chi connectivity index (χ1n) is 9.72. The van der Waals surface area contributed by atoms with Gasteiger partial charge >= 0.3 is 0 Å². The highest BCUT2D eigenvalue weighted by Crippen LogP contribution is 2.36. The summed E-state index contributed by atoms with van der Waals surface area (Å²) in [5.74, 6) is 1.26. The van der Waals surface area contributed by atoms with E-state index in [9.17, 15) is 18.5 Å². The van der Waals surface area contributed by atoms with Gasteiger partial charge in [0.05, 0.1) is 15.9 Å². The van der Waals surface area contributed by atoms with Crippen molar-refractivity contribution in [2.24, 2.45) is 11.8 Å². The molecule has 2 rings (SSSR count). The van der Waals surface area contributed by atoms with Crippen molar-refractivity contribution >= 4 is 31.6 Å². The van der Waals surface area contributed by atoms with E-state index in [4.69, 9.17) is 4.74 Å². The van der Waals surface area contributed by atoms with E-state index >= 15 is 0 Å². The van der Waals surface area contributed by atoms with Gasteiger partial charge in [-0.3, -0.25) is 10.1 Å². The van der Waals surface area contributed by atoms with Gasteiger partial charge in [-0.05, 0) is 49.7 Å². The van der Waals surface area contributed by atoms with Crippen molar-refractivity contribution in [3.63, 3.8) is 0 Å². The third-order valence-electron chi connectivity index (χ3n) is 5.20. The number of halogens is 1. The van der Waals surface area contributed by atoms with Crippen molar-refractivity contribution < 1.29 is 18.1 Å². The summed E-state index contributed by atoms with van der Waals surface area (Å²) in [7, 11) is -3.66. The second-order valence-corrected chi connectivity index (χ2v) is 10.4. The van der Waals surface area contributed by atoms with E-state index in [1.807, 2.05) is 0 Å². The number of hydrogen-bond acceptors (Lipinski definition) is 5. The van der Waals surface area contributed by atoms with Gasteiger partial charge < -0.3 is 4.74 Å². The monoisotopic (exact) mass is 476 g/mol. The lowest BCUT2D eigenvalue weighted by Crippen LogP contribution is -2.37. The van der Waals surface area contributed by atoms with Crippen LogP contribution in [0.1, 0.15) is 46.0 Å². The second-order valence-electron chi connectivity index (χ2n) is 7.55. The quantitative estimate of drug-likeness (QED) is 0.235. The molecule has 1 N–H and O–H groups in total. The summed E-state index contributed by atoms with van der Waals surface area (Å²) in [6.45, 7) is 5.41.